The van der Waals surface area contributed by atoms with Crippen molar-refractivity contribution in [2.45, 2.75) is 12.8 Å². The molecule has 0 unspecified atom stereocenters. The van der Waals surface area contributed by atoms with Crippen LogP contribution in [0, 0.1) is 9.39 Å². The van der Waals surface area contributed by atoms with Crippen molar-refractivity contribution >= 4 is 45.8 Å². The van der Waals surface area contributed by atoms with Crippen LogP contribution < -0.4 is 10.2 Å². The van der Waals surface area contributed by atoms with Crippen LogP contribution >= 0.6 is 22.6 Å². The lowest BCUT2D eigenvalue weighted by molar-refractivity contribution is -0.117. The molecule has 1 heterocycles. The summed E-state index contributed by atoms with van der Waals surface area (Å²) >= 11 is 2.13. The topological polar surface area (TPSA) is 49.4 Å². The summed E-state index contributed by atoms with van der Waals surface area (Å²) in [6, 6.07) is 11.5. The molecule has 118 valence electrons. The summed E-state index contributed by atoms with van der Waals surface area (Å²) in [4.78, 5) is 25.3. The minimum Gasteiger partial charge on any atom is -0.322 e. The standard InChI is InChI=1S/C17H14FIN2O2/c18-14-10-13(6-7-15(14)21-8-2-5-16(21)22)20-17(23)11-3-1-4-12(19)9-11/h1,3-4,6-7,9-10H,2,5,8H2,(H,20,23). The first-order valence-electron chi connectivity index (χ1n) is 7.21. The van der Waals surface area contributed by atoms with Gasteiger partial charge in [0.1, 0.15) is 5.82 Å². The van der Waals surface area contributed by atoms with Crippen molar-refractivity contribution in [3.05, 3.63) is 57.4 Å². The lowest BCUT2D eigenvalue weighted by Gasteiger charge is -2.17. The molecule has 1 aliphatic rings. The van der Waals surface area contributed by atoms with Crippen molar-refractivity contribution in [3.8, 4) is 0 Å². The lowest BCUT2D eigenvalue weighted by atomic mass is 10.2. The Bertz CT molecular complexity index is 779. The molecular formula is C17H14FIN2O2. The largest absolute Gasteiger partial charge is 0.322 e. The maximum atomic E-state index is 14.2. The van der Waals surface area contributed by atoms with Gasteiger partial charge in [0.2, 0.25) is 5.91 Å². The second kappa shape index (κ2) is 6.66. The molecule has 0 spiro atoms. The van der Waals surface area contributed by atoms with Crippen LogP contribution in [0.2, 0.25) is 0 Å². The zero-order valence-corrected chi connectivity index (χ0v) is 14.3. The first kappa shape index (κ1) is 15.9. The number of halogens is 2. The van der Waals surface area contributed by atoms with Crippen LogP contribution in [0.5, 0.6) is 0 Å². The summed E-state index contributed by atoms with van der Waals surface area (Å²) in [5.41, 5.74) is 1.14. The number of anilines is 2. The molecule has 0 radical (unpaired) electrons. The molecule has 0 aliphatic carbocycles. The number of hydrogen-bond acceptors (Lipinski definition) is 2. The average molecular weight is 424 g/mol. The van der Waals surface area contributed by atoms with Gasteiger partial charge in [0.05, 0.1) is 5.69 Å². The van der Waals surface area contributed by atoms with E-state index in [4.69, 9.17) is 0 Å². The van der Waals surface area contributed by atoms with Crippen LogP contribution in [0.15, 0.2) is 42.5 Å². The SMILES string of the molecule is O=C(Nc1ccc(N2CCCC2=O)c(F)c1)c1cccc(I)c1. The third-order valence-electron chi connectivity index (χ3n) is 3.66. The first-order chi connectivity index (χ1) is 11.0. The quantitative estimate of drug-likeness (QED) is 0.763. The molecule has 1 fully saturated rings. The average Bonchev–Trinajstić information content (AvgIpc) is 2.93. The third kappa shape index (κ3) is 3.52. The summed E-state index contributed by atoms with van der Waals surface area (Å²) in [5, 5.41) is 2.67. The van der Waals surface area contributed by atoms with Crippen LogP contribution in [0.4, 0.5) is 15.8 Å². The Morgan fingerprint density at radius 2 is 2.04 bits per heavy atom. The van der Waals surface area contributed by atoms with Crippen LogP contribution in [0.3, 0.4) is 0 Å². The molecule has 0 bridgehead atoms. The van der Waals surface area contributed by atoms with Gasteiger partial charge in [-0.05, 0) is 65.4 Å². The van der Waals surface area contributed by atoms with Crippen LogP contribution in [-0.4, -0.2) is 18.4 Å². The Morgan fingerprint density at radius 3 is 2.70 bits per heavy atom. The van der Waals surface area contributed by atoms with Gasteiger partial charge in [0.15, 0.2) is 0 Å². The molecule has 23 heavy (non-hydrogen) atoms. The van der Waals surface area contributed by atoms with Gasteiger partial charge >= 0.3 is 0 Å². The fraction of sp³-hybridized carbons (Fsp3) is 0.176. The van der Waals surface area contributed by atoms with E-state index in [-0.39, 0.29) is 17.5 Å². The van der Waals surface area contributed by atoms with Gasteiger partial charge in [-0.15, -0.1) is 0 Å². The van der Waals surface area contributed by atoms with Gasteiger partial charge in [-0.25, -0.2) is 4.39 Å². The number of nitrogens with one attached hydrogen (secondary N) is 1. The zero-order valence-electron chi connectivity index (χ0n) is 12.2. The molecule has 2 aromatic rings. The van der Waals surface area contributed by atoms with E-state index >= 15 is 0 Å². The Labute approximate surface area is 146 Å². The molecule has 0 saturated carbocycles. The molecule has 2 aromatic carbocycles. The highest BCUT2D eigenvalue weighted by atomic mass is 127. The predicted molar refractivity (Wildman–Crippen MR) is 95.1 cm³/mol. The van der Waals surface area contributed by atoms with Gasteiger partial charge < -0.3 is 10.2 Å². The summed E-state index contributed by atoms with van der Waals surface area (Å²) in [6.45, 7) is 0.532. The number of carbonyl (C=O) groups is 2. The molecule has 1 saturated heterocycles. The Balaban J connectivity index is 1.78. The number of amides is 2. The van der Waals surface area contributed by atoms with E-state index in [9.17, 15) is 14.0 Å². The van der Waals surface area contributed by atoms with E-state index in [0.717, 1.165) is 9.99 Å². The van der Waals surface area contributed by atoms with E-state index < -0.39 is 5.82 Å². The minimum atomic E-state index is -0.513. The van der Waals surface area contributed by atoms with E-state index in [2.05, 4.69) is 27.9 Å². The van der Waals surface area contributed by atoms with Gasteiger partial charge in [0, 0.05) is 27.8 Å². The molecule has 0 atom stereocenters. The number of benzene rings is 2. The maximum Gasteiger partial charge on any atom is 0.255 e. The molecule has 1 aliphatic heterocycles. The fourth-order valence-corrected chi connectivity index (χ4v) is 3.08. The Morgan fingerprint density at radius 1 is 1.22 bits per heavy atom. The summed E-state index contributed by atoms with van der Waals surface area (Å²) < 4.78 is 15.2. The zero-order chi connectivity index (χ0) is 16.4. The molecule has 3 rings (SSSR count). The molecule has 4 nitrogen and oxygen atoms in total. The maximum absolute atomic E-state index is 14.2. The van der Waals surface area contributed by atoms with Gasteiger partial charge in [-0.1, -0.05) is 6.07 Å². The summed E-state index contributed by atoms with van der Waals surface area (Å²) in [7, 11) is 0. The molecule has 2 amide bonds. The van der Waals surface area contributed by atoms with Crippen LogP contribution in [-0.2, 0) is 4.79 Å². The first-order valence-corrected chi connectivity index (χ1v) is 8.29. The predicted octanol–water partition coefficient (Wildman–Crippen LogP) is 3.81. The van der Waals surface area contributed by atoms with Crippen LogP contribution in [0.1, 0.15) is 23.2 Å². The Kier molecular flexibility index (Phi) is 4.61. The monoisotopic (exact) mass is 424 g/mol. The highest BCUT2D eigenvalue weighted by molar-refractivity contribution is 14.1. The third-order valence-corrected chi connectivity index (χ3v) is 4.33. The van der Waals surface area contributed by atoms with Gasteiger partial charge in [0.25, 0.3) is 5.91 Å². The van der Waals surface area contributed by atoms with Gasteiger partial charge in [-0.2, -0.15) is 0 Å². The Hall–Kier alpha value is -1.96. The molecule has 0 aromatic heterocycles. The van der Waals surface area contributed by atoms with Crippen LogP contribution in [0.25, 0.3) is 0 Å². The van der Waals surface area contributed by atoms with E-state index in [1.807, 2.05) is 6.07 Å². The smallest absolute Gasteiger partial charge is 0.255 e. The number of nitrogens with zero attached hydrogens (tertiary/aromatic N) is 1. The van der Waals surface area contributed by atoms with Gasteiger partial charge in [-0.3, -0.25) is 9.59 Å². The van der Waals surface area contributed by atoms with E-state index in [1.165, 1.54) is 17.0 Å². The molecule has 1 N–H and O–H groups in total. The molecular weight excluding hydrogens is 410 g/mol. The highest BCUT2D eigenvalue weighted by Crippen LogP contribution is 2.27. The summed E-state index contributed by atoms with van der Waals surface area (Å²) in [5.74, 6) is -0.881. The normalized spacial score (nSPS) is 14.2. The van der Waals surface area contributed by atoms with Crippen molar-refractivity contribution in [2.75, 3.05) is 16.8 Å². The second-order valence-electron chi connectivity index (χ2n) is 5.28. The van der Waals surface area contributed by atoms with Crippen molar-refractivity contribution in [1.29, 1.82) is 0 Å². The second-order valence-corrected chi connectivity index (χ2v) is 6.53. The number of hydrogen-bond donors (Lipinski definition) is 1. The van der Waals surface area contributed by atoms with Crippen molar-refractivity contribution in [2.24, 2.45) is 0 Å². The summed E-state index contributed by atoms with van der Waals surface area (Å²) in [6.07, 6.45) is 1.19. The van der Waals surface area contributed by atoms with Crippen molar-refractivity contribution in [3.63, 3.8) is 0 Å². The molecule has 6 heteroatoms. The highest BCUT2D eigenvalue weighted by Gasteiger charge is 2.24. The van der Waals surface area contributed by atoms with E-state index in [1.54, 1.807) is 24.3 Å². The number of rotatable bonds is 3. The number of carbonyl (C=O) groups excluding carboxylic acids is 2. The minimum absolute atomic E-state index is 0.0699. The van der Waals surface area contributed by atoms with Crippen molar-refractivity contribution in [1.82, 2.24) is 0 Å². The lowest BCUT2D eigenvalue weighted by Crippen LogP contribution is -2.24. The van der Waals surface area contributed by atoms with E-state index in [0.29, 0.717) is 24.2 Å². The fourth-order valence-electron chi connectivity index (χ4n) is 2.54. The van der Waals surface area contributed by atoms with Crippen molar-refractivity contribution < 1.29 is 14.0 Å².